The third-order valence-electron chi connectivity index (χ3n) is 2.05. The number of carbonyl (C=O) groups excluding carboxylic acids is 1. The predicted molar refractivity (Wildman–Crippen MR) is 52.9 cm³/mol. The van der Waals surface area contributed by atoms with Crippen molar-refractivity contribution < 1.29 is 9.53 Å². The Morgan fingerprint density at radius 1 is 1.64 bits per heavy atom. The Morgan fingerprint density at radius 3 is 3.07 bits per heavy atom. The molecule has 14 heavy (non-hydrogen) atoms. The molecule has 1 heterocycles. The maximum absolute atomic E-state index is 10.9. The van der Waals surface area contributed by atoms with Crippen molar-refractivity contribution in [1.29, 1.82) is 0 Å². The summed E-state index contributed by atoms with van der Waals surface area (Å²) in [5.41, 5.74) is 0. The molecule has 0 atom stereocenters. The minimum Gasteiger partial charge on any atom is -0.469 e. The van der Waals surface area contributed by atoms with E-state index in [1.165, 1.54) is 7.11 Å². The van der Waals surface area contributed by atoms with Crippen molar-refractivity contribution in [3.8, 4) is 0 Å². The standard InChI is InChI=1S/C10H16N2O2/c1-3-7-12-8-6-11-9(12)4-5-10(13)14-2/h6,8H,3-5,7H2,1-2H3. The van der Waals surface area contributed by atoms with Crippen molar-refractivity contribution in [2.24, 2.45) is 0 Å². The van der Waals surface area contributed by atoms with Crippen LogP contribution in [-0.4, -0.2) is 22.6 Å². The first-order valence-corrected chi connectivity index (χ1v) is 4.84. The van der Waals surface area contributed by atoms with Crippen molar-refractivity contribution in [1.82, 2.24) is 9.55 Å². The Kier molecular flexibility index (Phi) is 4.16. The number of carbonyl (C=O) groups is 1. The maximum Gasteiger partial charge on any atom is 0.305 e. The number of rotatable bonds is 5. The van der Waals surface area contributed by atoms with Gasteiger partial charge in [-0.05, 0) is 6.42 Å². The fourth-order valence-electron chi connectivity index (χ4n) is 1.33. The summed E-state index contributed by atoms with van der Waals surface area (Å²) < 4.78 is 6.64. The molecule has 0 unspecified atom stereocenters. The summed E-state index contributed by atoms with van der Waals surface area (Å²) in [5, 5.41) is 0. The monoisotopic (exact) mass is 196 g/mol. The quantitative estimate of drug-likeness (QED) is 0.668. The van der Waals surface area contributed by atoms with Crippen LogP contribution in [0.1, 0.15) is 25.6 Å². The van der Waals surface area contributed by atoms with Crippen molar-refractivity contribution in [3.63, 3.8) is 0 Å². The molecule has 1 aromatic rings. The lowest BCUT2D eigenvalue weighted by Crippen LogP contribution is -2.07. The molecule has 0 spiro atoms. The molecule has 0 aliphatic carbocycles. The molecular formula is C10H16N2O2. The van der Waals surface area contributed by atoms with Crippen LogP contribution >= 0.6 is 0 Å². The van der Waals surface area contributed by atoms with Crippen LogP contribution in [0.4, 0.5) is 0 Å². The van der Waals surface area contributed by atoms with Gasteiger partial charge in [-0.15, -0.1) is 0 Å². The number of nitrogens with zero attached hydrogens (tertiary/aromatic N) is 2. The summed E-state index contributed by atoms with van der Waals surface area (Å²) in [5.74, 6) is 0.772. The molecule has 0 amide bonds. The van der Waals surface area contributed by atoms with Gasteiger partial charge < -0.3 is 9.30 Å². The minimum absolute atomic E-state index is 0.184. The molecule has 0 aromatic carbocycles. The van der Waals surface area contributed by atoms with Crippen LogP contribution in [-0.2, 0) is 22.5 Å². The Labute approximate surface area is 83.9 Å². The summed E-state index contributed by atoms with van der Waals surface area (Å²) in [6.07, 6.45) is 5.83. The van der Waals surface area contributed by atoms with E-state index >= 15 is 0 Å². The normalized spacial score (nSPS) is 10.1. The smallest absolute Gasteiger partial charge is 0.305 e. The maximum atomic E-state index is 10.9. The van der Waals surface area contributed by atoms with Crippen molar-refractivity contribution in [2.75, 3.05) is 7.11 Å². The van der Waals surface area contributed by atoms with E-state index in [2.05, 4.69) is 21.2 Å². The van der Waals surface area contributed by atoms with E-state index in [0.717, 1.165) is 18.8 Å². The zero-order valence-corrected chi connectivity index (χ0v) is 8.69. The third kappa shape index (κ3) is 2.87. The first kappa shape index (κ1) is 10.8. The largest absolute Gasteiger partial charge is 0.469 e. The highest BCUT2D eigenvalue weighted by Gasteiger charge is 2.05. The Balaban J connectivity index is 2.49. The van der Waals surface area contributed by atoms with Gasteiger partial charge in [0.05, 0.1) is 13.5 Å². The molecule has 4 heteroatoms. The molecule has 1 aromatic heterocycles. The number of esters is 1. The second-order valence-electron chi connectivity index (χ2n) is 3.11. The first-order chi connectivity index (χ1) is 6.77. The van der Waals surface area contributed by atoms with Gasteiger partial charge in [0.2, 0.25) is 0 Å². The van der Waals surface area contributed by atoms with Gasteiger partial charge in [-0.1, -0.05) is 6.92 Å². The van der Waals surface area contributed by atoms with Gasteiger partial charge in [0.1, 0.15) is 5.82 Å². The van der Waals surface area contributed by atoms with E-state index in [1.54, 1.807) is 6.20 Å². The minimum atomic E-state index is -0.184. The van der Waals surface area contributed by atoms with Gasteiger partial charge in [0, 0.05) is 25.4 Å². The summed E-state index contributed by atoms with van der Waals surface area (Å²) in [6, 6.07) is 0. The molecule has 1 rings (SSSR count). The fraction of sp³-hybridized carbons (Fsp3) is 0.600. The van der Waals surface area contributed by atoms with Crippen molar-refractivity contribution in [3.05, 3.63) is 18.2 Å². The van der Waals surface area contributed by atoms with Gasteiger partial charge in [-0.3, -0.25) is 4.79 Å². The highest BCUT2D eigenvalue weighted by atomic mass is 16.5. The molecule has 0 aliphatic heterocycles. The lowest BCUT2D eigenvalue weighted by molar-refractivity contribution is -0.140. The molecule has 0 aliphatic rings. The van der Waals surface area contributed by atoms with Gasteiger partial charge in [-0.25, -0.2) is 4.98 Å². The molecule has 4 nitrogen and oxygen atoms in total. The molecular weight excluding hydrogens is 180 g/mol. The van der Waals surface area contributed by atoms with E-state index in [4.69, 9.17) is 0 Å². The highest BCUT2D eigenvalue weighted by molar-refractivity contribution is 5.69. The van der Waals surface area contributed by atoms with Crippen LogP contribution < -0.4 is 0 Å². The first-order valence-electron chi connectivity index (χ1n) is 4.84. The van der Waals surface area contributed by atoms with Crippen LogP contribution in [0, 0.1) is 0 Å². The number of methoxy groups -OCH3 is 1. The van der Waals surface area contributed by atoms with E-state index < -0.39 is 0 Å². The third-order valence-corrected chi connectivity index (χ3v) is 2.05. The Morgan fingerprint density at radius 2 is 2.43 bits per heavy atom. The van der Waals surface area contributed by atoms with Crippen LogP contribution in [0.5, 0.6) is 0 Å². The SMILES string of the molecule is CCCn1ccnc1CCC(=O)OC. The van der Waals surface area contributed by atoms with E-state index in [9.17, 15) is 4.79 Å². The second-order valence-corrected chi connectivity index (χ2v) is 3.11. The summed E-state index contributed by atoms with van der Waals surface area (Å²) in [6.45, 7) is 3.07. The number of ether oxygens (including phenoxy) is 1. The zero-order chi connectivity index (χ0) is 10.4. The topological polar surface area (TPSA) is 44.1 Å². The molecule has 0 fully saturated rings. The number of hydrogen-bond donors (Lipinski definition) is 0. The number of aromatic nitrogens is 2. The summed E-state index contributed by atoms with van der Waals surface area (Å²) >= 11 is 0. The lowest BCUT2D eigenvalue weighted by Gasteiger charge is -2.04. The number of imidazole rings is 1. The van der Waals surface area contributed by atoms with E-state index in [-0.39, 0.29) is 5.97 Å². The summed E-state index contributed by atoms with van der Waals surface area (Å²) in [4.78, 5) is 15.1. The van der Waals surface area contributed by atoms with Crippen molar-refractivity contribution >= 4 is 5.97 Å². The molecule has 78 valence electrons. The average Bonchev–Trinajstić information content (AvgIpc) is 2.62. The van der Waals surface area contributed by atoms with Crippen LogP contribution in [0.15, 0.2) is 12.4 Å². The lowest BCUT2D eigenvalue weighted by atomic mass is 10.3. The fourth-order valence-corrected chi connectivity index (χ4v) is 1.33. The molecule has 0 N–H and O–H groups in total. The molecule has 0 radical (unpaired) electrons. The van der Waals surface area contributed by atoms with Crippen LogP contribution in [0.25, 0.3) is 0 Å². The number of aryl methyl sites for hydroxylation is 2. The van der Waals surface area contributed by atoms with Gasteiger partial charge >= 0.3 is 5.97 Å². The van der Waals surface area contributed by atoms with Gasteiger partial charge in [-0.2, -0.15) is 0 Å². The number of hydrogen-bond acceptors (Lipinski definition) is 3. The molecule has 0 saturated carbocycles. The highest BCUT2D eigenvalue weighted by Crippen LogP contribution is 2.03. The Hall–Kier alpha value is -1.32. The van der Waals surface area contributed by atoms with Gasteiger partial charge in [0.25, 0.3) is 0 Å². The van der Waals surface area contributed by atoms with Crippen LogP contribution in [0.3, 0.4) is 0 Å². The average molecular weight is 196 g/mol. The summed E-state index contributed by atoms with van der Waals surface area (Å²) in [7, 11) is 1.40. The van der Waals surface area contributed by atoms with E-state index in [0.29, 0.717) is 12.8 Å². The zero-order valence-electron chi connectivity index (χ0n) is 8.69. The molecule has 0 saturated heterocycles. The Bertz CT molecular complexity index is 294. The predicted octanol–water partition coefficient (Wildman–Crippen LogP) is 1.40. The van der Waals surface area contributed by atoms with Crippen molar-refractivity contribution in [2.45, 2.75) is 32.7 Å². The molecule has 0 bridgehead atoms. The van der Waals surface area contributed by atoms with Gasteiger partial charge in [0.15, 0.2) is 0 Å². The van der Waals surface area contributed by atoms with Crippen LogP contribution in [0.2, 0.25) is 0 Å². The van der Waals surface area contributed by atoms with E-state index in [1.807, 2.05) is 6.20 Å². The second kappa shape index (κ2) is 5.42.